The van der Waals surface area contributed by atoms with Crippen LogP contribution in [-0.4, -0.2) is 5.91 Å². The van der Waals surface area contributed by atoms with E-state index in [1.807, 2.05) is 42.5 Å². The molecule has 0 heterocycles. The van der Waals surface area contributed by atoms with E-state index >= 15 is 0 Å². The molecule has 0 aliphatic heterocycles. The highest BCUT2D eigenvalue weighted by molar-refractivity contribution is 9.10. The summed E-state index contributed by atoms with van der Waals surface area (Å²) in [4.78, 5) is 12.1. The van der Waals surface area contributed by atoms with E-state index in [-0.39, 0.29) is 11.8 Å². The lowest BCUT2D eigenvalue weighted by Crippen LogP contribution is -2.14. The molecule has 0 radical (unpaired) electrons. The minimum Gasteiger partial charge on any atom is -0.326 e. The molecule has 96 valence electrons. The first-order valence-corrected chi connectivity index (χ1v) is 7.15. The van der Waals surface area contributed by atoms with Crippen molar-refractivity contribution in [1.82, 2.24) is 0 Å². The van der Waals surface area contributed by atoms with Crippen molar-refractivity contribution in [3.8, 4) is 0 Å². The molecule has 1 amide bonds. The van der Waals surface area contributed by atoms with Gasteiger partial charge in [0.2, 0.25) is 5.91 Å². The lowest BCUT2D eigenvalue weighted by Gasteiger charge is -2.05. The van der Waals surface area contributed by atoms with E-state index in [0.29, 0.717) is 5.92 Å². The minimum atomic E-state index is 0.112. The van der Waals surface area contributed by atoms with Crippen LogP contribution < -0.4 is 5.32 Å². The quantitative estimate of drug-likeness (QED) is 0.904. The van der Waals surface area contributed by atoms with Crippen LogP contribution in [0, 0.1) is 5.92 Å². The van der Waals surface area contributed by atoms with E-state index in [1.165, 1.54) is 5.56 Å². The molecule has 0 saturated heterocycles. The van der Waals surface area contributed by atoms with Crippen molar-refractivity contribution in [3.63, 3.8) is 0 Å². The van der Waals surface area contributed by atoms with Gasteiger partial charge in [0.15, 0.2) is 0 Å². The van der Waals surface area contributed by atoms with Gasteiger partial charge >= 0.3 is 0 Å². The molecule has 2 nitrogen and oxygen atoms in total. The molecule has 0 bridgehead atoms. The highest BCUT2D eigenvalue weighted by Crippen LogP contribution is 2.47. The Morgan fingerprint density at radius 3 is 2.63 bits per heavy atom. The molecule has 3 heteroatoms. The second-order valence-electron chi connectivity index (χ2n) is 4.86. The van der Waals surface area contributed by atoms with Gasteiger partial charge in [0.1, 0.15) is 0 Å². The van der Waals surface area contributed by atoms with Crippen LogP contribution in [0.4, 0.5) is 5.69 Å². The van der Waals surface area contributed by atoms with Crippen molar-refractivity contribution in [2.75, 3.05) is 5.32 Å². The smallest absolute Gasteiger partial charge is 0.228 e. The Morgan fingerprint density at radius 2 is 1.89 bits per heavy atom. The molecule has 1 aliphatic rings. The summed E-state index contributed by atoms with van der Waals surface area (Å²) in [5.41, 5.74) is 2.11. The molecule has 2 aromatic rings. The van der Waals surface area contributed by atoms with Gasteiger partial charge in [0.05, 0.1) is 0 Å². The molecule has 1 fully saturated rings. The van der Waals surface area contributed by atoms with E-state index in [1.54, 1.807) is 0 Å². The van der Waals surface area contributed by atoms with Gasteiger partial charge < -0.3 is 5.32 Å². The zero-order valence-electron chi connectivity index (χ0n) is 10.3. The van der Waals surface area contributed by atoms with Gasteiger partial charge in [-0.1, -0.05) is 52.3 Å². The summed E-state index contributed by atoms with van der Waals surface area (Å²) in [5, 5.41) is 2.98. The Hall–Kier alpha value is -1.61. The number of hydrogen-bond acceptors (Lipinski definition) is 1. The van der Waals surface area contributed by atoms with Gasteiger partial charge in [-0.2, -0.15) is 0 Å². The molecule has 1 N–H and O–H groups in total. The fourth-order valence-corrected chi connectivity index (χ4v) is 2.75. The van der Waals surface area contributed by atoms with Crippen LogP contribution in [0.1, 0.15) is 17.9 Å². The maximum atomic E-state index is 12.1. The normalized spacial score (nSPS) is 20.9. The summed E-state index contributed by atoms with van der Waals surface area (Å²) in [5.74, 6) is 0.613. The first-order valence-electron chi connectivity index (χ1n) is 6.35. The van der Waals surface area contributed by atoms with Crippen molar-refractivity contribution in [2.24, 2.45) is 5.92 Å². The van der Waals surface area contributed by atoms with Crippen molar-refractivity contribution in [2.45, 2.75) is 12.3 Å². The Kier molecular flexibility index (Phi) is 3.38. The zero-order valence-corrected chi connectivity index (χ0v) is 11.9. The third kappa shape index (κ3) is 2.87. The second-order valence-corrected chi connectivity index (χ2v) is 5.77. The Morgan fingerprint density at radius 1 is 1.11 bits per heavy atom. The Labute approximate surface area is 121 Å². The molecule has 1 aliphatic carbocycles. The Bertz CT molecular complexity index is 597. The van der Waals surface area contributed by atoms with Crippen LogP contribution in [0.2, 0.25) is 0 Å². The molecule has 0 spiro atoms. The Balaban J connectivity index is 1.64. The zero-order chi connectivity index (χ0) is 13.2. The molecular formula is C16H14BrNO. The first kappa shape index (κ1) is 12.4. The number of hydrogen-bond donors (Lipinski definition) is 1. The van der Waals surface area contributed by atoms with E-state index < -0.39 is 0 Å². The highest BCUT2D eigenvalue weighted by atomic mass is 79.9. The van der Waals surface area contributed by atoms with Crippen molar-refractivity contribution in [3.05, 3.63) is 64.6 Å². The standard InChI is InChI=1S/C16H14BrNO/c17-12-7-4-8-13(9-12)18-16(19)15-10-14(15)11-5-2-1-3-6-11/h1-9,14-15H,10H2,(H,18,19)/t14-,15-/m1/s1. The monoisotopic (exact) mass is 315 g/mol. The highest BCUT2D eigenvalue weighted by Gasteiger charge is 2.43. The minimum absolute atomic E-state index is 0.112. The van der Waals surface area contributed by atoms with Gasteiger partial charge in [0.25, 0.3) is 0 Å². The number of nitrogens with one attached hydrogen (secondary N) is 1. The third-order valence-electron chi connectivity index (χ3n) is 3.45. The number of halogens is 1. The average Bonchev–Trinajstić information content (AvgIpc) is 3.20. The molecule has 1 saturated carbocycles. The van der Waals surface area contributed by atoms with Gasteiger partial charge in [-0.05, 0) is 36.1 Å². The largest absolute Gasteiger partial charge is 0.326 e. The van der Waals surface area contributed by atoms with Crippen LogP contribution in [0.3, 0.4) is 0 Å². The number of carbonyl (C=O) groups excluding carboxylic acids is 1. The predicted molar refractivity (Wildman–Crippen MR) is 80.1 cm³/mol. The van der Waals surface area contributed by atoms with E-state index in [0.717, 1.165) is 16.6 Å². The van der Waals surface area contributed by atoms with Gasteiger partial charge in [-0.3, -0.25) is 4.79 Å². The fourth-order valence-electron chi connectivity index (χ4n) is 2.35. The predicted octanol–water partition coefficient (Wildman–Crippen LogP) is 4.19. The van der Waals surface area contributed by atoms with E-state index in [4.69, 9.17) is 0 Å². The molecule has 0 aromatic heterocycles. The van der Waals surface area contributed by atoms with Crippen LogP contribution in [0.5, 0.6) is 0 Å². The molecular weight excluding hydrogens is 302 g/mol. The summed E-state index contributed by atoms with van der Waals surface area (Å²) in [6, 6.07) is 17.9. The van der Waals surface area contributed by atoms with Crippen molar-refractivity contribution in [1.29, 1.82) is 0 Å². The summed E-state index contributed by atoms with van der Waals surface area (Å²) in [7, 11) is 0. The lowest BCUT2D eigenvalue weighted by molar-refractivity contribution is -0.117. The van der Waals surface area contributed by atoms with Crippen LogP contribution in [-0.2, 0) is 4.79 Å². The van der Waals surface area contributed by atoms with E-state index in [2.05, 4.69) is 33.4 Å². The number of amides is 1. The molecule has 19 heavy (non-hydrogen) atoms. The number of benzene rings is 2. The molecule has 0 unspecified atom stereocenters. The van der Waals surface area contributed by atoms with Crippen molar-refractivity contribution >= 4 is 27.5 Å². The SMILES string of the molecule is O=C(Nc1cccc(Br)c1)[C@@H]1C[C@@H]1c1ccccc1. The maximum Gasteiger partial charge on any atom is 0.228 e. The summed E-state index contributed by atoms with van der Waals surface area (Å²) >= 11 is 3.40. The van der Waals surface area contributed by atoms with E-state index in [9.17, 15) is 4.79 Å². The number of anilines is 1. The summed E-state index contributed by atoms with van der Waals surface area (Å²) < 4.78 is 0.973. The maximum absolute atomic E-state index is 12.1. The molecule has 2 aromatic carbocycles. The average molecular weight is 316 g/mol. The molecule has 2 atom stereocenters. The molecule has 3 rings (SSSR count). The second kappa shape index (κ2) is 5.17. The summed E-state index contributed by atoms with van der Waals surface area (Å²) in [6.07, 6.45) is 0.948. The van der Waals surface area contributed by atoms with Crippen molar-refractivity contribution < 1.29 is 4.79 Å². The number of carbonyl (C=O) groups is 1. The van der Waals surface area contributed by atoms with Gasteiger partial charge in [-0.25, -0.2) is 0 Å². The number of rotatable bonds is 3. The van der Waals surface area contributed by atoms with Gasteiger partial charge in [-0.15, -0.1) is 0 Å². The summed E-state index contributed by atoms with van der Waals surface area (Å²) in [6.45, 7) is 0. The van der Waals surface area contributed by atoms with Crippen LogP contribution in [0.15, 0.2) is 59.1 Å². The van der Waals surface area contributed by atoms with Crippen LogP contribution in [0.25, 0.3) is 0 Å². The lowest BCUT2D eigenvalue weighted by atomic mass is 10.1. The topological polar surface area (TPSA) is 29.1 Å². The first-order chi connectivity index (χ1) is 9.24. The van der Waals surface area contributed by atoms with Crippen LogP contribution >= 0.6 is 15.9 Å². The van der Waals surface area contributed by atoms with Gasteiger partial charge in [0, 0.05) is 16.1 Å². The third-order valence-corrected chi connectivity index (χ3v) is 3.94. The fraction of sp³-hybridized carbons (Fsp3) is 0.188.